The number of morpholine rings is 1. The number of nitrogens with one attached hydrogen (secondary N) is 2. The fourth-order valence-electron chi connectivity index (χ4n) is 2.77. The van der Waals surface area contributed by atoms with Crippen LogP contribution in [0.3, 0.4) is 0 Å². The Morgan fingerprint density at radius 1 is 1.12 bits per heavy atom. The van der Waals surface area contributed by atoms with Crippen LogP contribution in [-0.2, 0) is 4.74 Å². The third kappa shape index (κ3) is 5.39. The number of benzene rings is 1. The van der Waals surface area contributed by atoms with E-state index in [1.54, 1.807) is 30.3 Å². The highest BCUT2D eigenvalue weighted by molar-refractivity contribution is 7.12. The predicted octanol–water partition coefficient (Wildman–Crippen LogP) is 2.45. The quantitative estimate of drug-likeness (QED) is 0.732. The van der Waals surface area contributed by atoms with Crippen LogP contribution in [0.4, 0.5) is 5.69 Å². The van der Waals surface area contributed by atoms with Crippen molar-refractivity contribution in [1.82, 2.24) is 10.2 Å². The summed E-state index contributed by atoms with van der Waals surface area (Å²) in [4.78, 5) is 27.4. The molecule has 1 aliphatic heterocycles. The van der Waals surface area contributed by atoms with Crippen molar-refractivity contribution in [3.05, 3.63) is 52.2 Å². The Morgan fingerprint density at radius 2 is 1.96 bits per heavy atom. The normalized spacial score (nSPS) is 14.8. The molecule has 0 saturated carbocycles. The van der Waals surface area contributed by atoms with Crippen LogP contribution in [0.1, 0.15) is 26.5 Å². The zero-order valence-corrected chi connectivity index (χ0v) is 15.4. The average molecular weight is 373 g/mol. The lowest BCUT2D eigenvalue weighted by Crippen LogP contribution is -2.38. The maximum atomic E-state index is 12.3. The van der Waals surface area contributed by atoms with E-state index in [1.165, 1.54) is 11.3 Å². The molecular formula is C19H23N3O3S. The van der Waals surface area contributed by atoms with Crippen molar-refractivity contribution in [3.63, 3.8) is 0 Å². The van der Waals surface area contributed by atoms with Crippen molar-refractivity contribution in [2.75, 3.05) is 44.7 Å². The molecule has 0 unspecified atom stereocenters. The first-order valence-electron chi connectivity index (χ1n) is 8.75. The maximum absolute atomic E-state index is 12.3. The topological polar surface area (TPSA) is 70.7 Å². The van der Waals surface area contributed by atoms with E-state index >= 15 is 0 Å². The Balaban J connectivity index is 1.46. The third-order valence-electron chi connectivity index (χ3n) is 4.17. The summed E-state index contributed by atoms with van der Waals surface area (Å²) in [6.45, 7) is 5.08. The van der Waals surface area contributed by atoms with E-state index in [-0.39, 0.29) is 11.8 Å². The van der Waals surface area contributed by atoms with Crippen LogP contribution in [0, 0.1) is 0 Å². The molecule has 2 aromatic rings. The van der Waals surface area contributed by atoms with Gasteiger partial charge in [-0.2, -0.15) is 0 Å². The van der Waals surface area contributed by atoms with Crippen LogP contribution in [0.15, 0.2) is 41.8 Å². The van der Waals surface area contributed by atoms with Gasteiger partial charge in [-0.05, 0) is 42.6 Å². The van der Waals surface area contributed by atoms with Crippen LogP contribution in [0.5, 0.6) is 0 Å². The molecule has 0 bridgehead atoms. The number of amides is 2. The second-order valence-electron chi connectivity index (χ2n) is 6.08. The Kier molecular flexibility index (Phi) is 6.76. The summed E-state index contributed by atoms with van der Waals surface area (Å²) in [6.07, 6.45) is 0.903. The van der Waals surface area contributed by atoms with Crippen LogP contribution in [0.2, 0.25) is 0 Å². The second-order valence-corrected chi connectivity index (χ2v) is 7.02. The Labute approximate surface area is 157 Å². The molecule has 0 spiro atoms. The summed E-state index contributed by atoms with van der Waals surface area (Å²) in [5.74, 6) is -0.290. The third-order valence-corrected chi connectivity index (χ3v) is 5.04. The summed E-state index contributed by atoms with van der Waals surface area (Å²) >= 11 is 1.38. The van der Waals surface area contributed by atoms with Gasteiger partial charge in [-0.25, -0.2) is 0 Å². The minimum atomic E-state index is -0.164. The molecule has 7 heteroatoms. The molecule has 1 fully saturated rings. The van der Waals surface area contributed by atoms with Gasteiger partial charge in [0.15, 0.2) is 0 Å². The number of hydrogen-bond donors (Lipinski definition) is 2. The zero-order chi connectivity index (χ0) is 18.2. The summed E-state index contributed by atoms with van der Waals surface area (Å²) in [6, 6.07) is 10.6. The number of anilines is 1. The second kappa shape index (κ2) is 9.47. The van der Waals surface area contributed by atoms with Gasteiger partial charge in [-0.1, -0.05) is 12.1 Å². The van der Waals surface area contributed by atoms with Crippen molar-refractivity contribution in [1.29, 1.82) is 0 Å². The van der Waals surface area contributed by atoms with E-state index < -0.39 is 0 Å². The molecule has 1 aliphatic rings. The molecular weight excluding hydrogens is 350 g/mol. The minimum absolute atomic E-state index is 0.126. The van der Waals surface area contributed by atoms with Gasteiger partial charge in [-0.15, -0.1) is 11.3 Å². The molecule has 2 N–H and O–H groups in total. The highest BCUT2D eigenvalue weighted by Gasteiger charge is 2.11. The average Bonchev–Trinajstić information content (AvgIpc) is 3.21. The fourth-order valence-corrected chi connectivity index (χ4v) is 3.39. The SMILES string of the molecule is O=C(NCCCN1CCOCC1)c1cccc(NC(=O)c2cccs2)c1. The number of thiophene rings is 1. The Bertz CT molecular complexity index is 727. The van der Waals surface area contributed by atoms with Gasteiger partial charge in [0, 0.05) is 30.9 Å². The van der Waals surface area contributed by atoms with Crippen molar-refractivity contribution < 1.29 is 14.3 Å². The Hall–Kier alpha value is -2.22. The minimum Gasteiger partial charge on any atom is -0.379 e. The standard InChI is InChI=1S/C19H23N3O3S/c23-18(20-7-3-8-22-9-11-25-12-10-22)15-4-1-5-16(14-15)21-19(24)17-6-2-13-26-17/h1-2,4-6,13-14H,3,7-12H2,(H,20,23)(H,21,24). The van der Waals surface area contributed by atoms with E-state index in [1.807, 2.05) is 11.4 Å². The van der Waals surface area contributed by atoms with Gasteiger partial charge in [0.2, 0.25) is 0 Å². The predicted molar refractivity (Wildman–Crippen MR) is 103 cm³/mol. The van der Waals surface area contributed by atoms with Gasteiger partial charge < -0.3 is 15.4 Å². The molecule has 2 amide bonds. The van der Waals surface area contributed by atoms with Gasteiger partial charge in [0.05, 0.1) is 18.1 Å². The van der Waals surface area contributed by atoms with Gasteiger partial charge >= 0.3 is 0 Å². The Morgan fingerprint density at radius 3 is 2.73 bits per heavy atom. The monoisotopic (exact) mass is 373 g/mol. The maximum Gasteiger partial charge on any atom is 0.265 e. The van der Waals surface area contributed by atoms with Crippen LogP contribution >= 0.6 is 11.3 Å². The highest BCUT2D eigenvalue weighted by atomic mass is 32.1. The first-order chi connectivity index (χ1) is 12.7. The summed E-state index contributed by atoms with van der Waals surface area (Å²) in [5, 5.41) is 7.62. The molecule has 6 nitrogen and oxygen atoms in total. The van der Waals surface area contributed by atoms with E-state index in [2.05, 4.69) is 15.5 Å². The molecule has 1 aromatic carbocycles. The number of carbonyl (C=O) groups excluding carboxylic acids is 2. The van der Waals surface area contributed by atoms with Crippen LogP contribution < -0.4 is 10.6 Å². The van der Waals surface area contributed by atoms with Crippen LogP contribution in [0.25, 0.3) is 0 Å². The number of rotatable bonds is 7. The van der Waals surface area contributed by atoms with Gasteiger partial charge in [0.1, 0.15) is 0 Å². The molecule has 1 saturated heterocycles. The summed E-state index contributed by atoms with van der Waals surface area (Å²) in [7, 11) is 0. The highest BCUT2D eigenvalue weighted by Crippen LogP contribution is 2.15. The summed E-state index contributed by atoms with van der Waals surface area (Å²) < 4.78 is 5.32. The van der Waals surface area contributed by atoms with E-state index in [0.29, 0.717) is 22.7 Å². The number of carbonyl (C=O) groups is 2. The van der Waals surface area contributed by atoms with Crippen molar-refractivity contribution in [2.45, 2.75) is 6.42 Å². The van der Waals surface area contributed by atoms with Gasteiger partial charge in [0.25, 0.3) is 11.8 Å². The van der Waals surface area contributed by atoms with E-state index in [9.17, 15) is 9.59 Å². The molecule has 0 aliphatic carbocycles. The smallest absolute Gasteiger partial charge is 0.265 e. The lowest BCUT2D eigenvalue weighted by atomic mass is 10.2. The van der Waals surface area contributed by atoms with E-state index in [4.69, 9.17) is 4.74 Å². The van der Waals surface area contributed by atoms with Crippen molar-refractivity contribution >= 4 is 28.8 Å². The number of nitrogens with zero attached hydrogens (tertiary/aromatic N) is 1. The van der Waals surface area contributed by atoms with E-state index in [0.717, 1.165) is 39.3 Å². The molecule has 3 rings (SSSR count). The number of ether oxygens (including phenoxy) is 1. The molecule has 1 aromatic heterocycles. The molecule has 0 atom stereocenters. The number of hydrogen-bond acceptors (Lipinski definition) is 5. The van der Waals surface area contributed by atoms with Crippen molar-refractivity contribution in [3.8, 4) is 0 Å². The molecule has 0 radical (unpaired) electrons. The largest absolute Gasteiger partial charge is 0.379 e. The lowest BCUT2D eigenvalue weighted by molar-refractivity contribution is 0.0374. The molecule has 138 valence electrons. The molecule has 2 heterocycles. The van der Waals surface area contributed by atoms with Gasteiger partial charge in [-0.3, -0.25) is 14.5 Å². The van der Waals surface area contributed by atoms with Crippen molar-refractivity contribution in [2.24, 2.45) is 0 Å². The van der Waals surface area contributed by atoms with Crippen LogP contribution in [-0.4, -0.2) is 56.1 Å². The first kappa shape index (κ1) is 18.6. The lowest BCUT2D eigenvalue weighted by Gasteiger charge is -2.26. The zero-order valence-electron chi connectivity index (χ0n) is 14.6. The molecule has 26 heavy (non-hydrogen) atoms. The fraction of sp³-hybridized carbons (Fsp3) is 0.368. The summed E-state index contributed by atoms with van der Waals surface area (Å²) in [5.41, 5.74) is 1.16. The first-order valence-corrected chi connectivity index (χ1v) is 9.63.